The summed E-state index contributed by atoms with van der Waals surface area (Å²) >= 11 is 0. The van der Waals surface area contributed by atoms with Gasteiger partial charge in [-0.15, -0.1) is 0 Å². The van der Waals surface area contributed by atoms with E-state index in [9.17, 15) is 19.2 Å². The summed E-state index contributed by atoms with van der Waals surface area (Å²) in [6.45, 7) is 5.31. The highest BCUT2D eigenvalue weighted by Gasteiger charge is 2.44. The number of nitrogens with one attached hydrogen (secondary N) is 1. The van der Waals surface area contributed by atoms with Gasteiger partial charge in [0, 0.05) is 31.4 Å². The summed E-state index contributed by atoms with van der Waals surface area (Å²) in [6.07, 6.45) is 13.1. The molecule has 0 bridgehead atoms. The molecule has 1 atom stereocenters. The zero-order chi connectivity index (χ0) is 32.5. The Morgan fingerprint density at radius 2 is 1.64 bits per heavy atom. The largest absolute Gasteiger partial charge is 0.343 e. The van der Waals surface area contributed by atoms with Crippen molar-refractivity contribution in [2.24, 2.45) is 5.92 Å². The molecule has 1 aromatic heterocycles. The normalized spacial score (nSPS) is 23.6. The van der Waals surface area contributed by atoms with Crippen molar-refractivity contribution in [2.45, 2.75) is 88.6 Å². The summed E-state index contributed by atoms with van der Waals surface area (Å²) in [7, 11) is 0. The number of aryl methyl sites for hydroxylation is 2. The molecule has 0 radical (unpaired) electrons. The monoisotopic (exact) mass is 633 g/mol. The molecule has 3 fully saturated rings. The molecule has 4 amide bonds. The standard InChI is InChI=1S/C38H43N5O4/c1-25-10-17-33(36(45)40-25)43-37(46)32-9-5-8-30(35(32)38(43)47)16-13-27-23-39-42(24-27)31-18-20-41(21-19-31)34(44)22-26-11-14-29(15-12-26)28-6-3-2-4-7-28/h2-9,23-24,26,29,31,33H,1,10-22H2,(H,40,45). The highest BCUT2D eigenvalue weighted by molar-refractivity contribution is 6.23. The highest BCUT2D eigenvalue weighted by atomic mass is 16.2. The number of benzene rings is 2. The van der Waals surface area contributed by atoms with Crippen LogP contribution in [0.3, 0.4) is 0 Å². The average molecular weight is 634 g/mol. The molecule has 1 N–H and O–H groups in total. The van der Waals surface area contributed by atoms with Crippen molar-refractivity contribution >= 4 is 23.6 Å². The molecule has 47 heavy (non-hydrogen) atoms. The van der Waals surface area contributed by atoms with Gasteiger partial charge in [0.15, 0.2) is 0 Å². The number of fused-ring (bicyclic) bond motifs is 1. The Balaban J connectivity index is 0.899. The first-order valence-corrected chi connectivity index (χ1v) is 17.2. The van der Waals surface area contributed by atoms with Gasteiger partial charge in [0.1, 0.15) is 6.04 Å². The number of nitrogens with zero attached hydrogens (tertiary/aromatic N) is 4. The topological polar surface area (TPSA) is 105 Å². The van der Waals surface area contributed by atoms with E-state index in [1.807, 2.05) is 16.9 Å². The van der Waals surface area contributed by atoms with Crippen molar-refractivity contribution < 1.29 is 19.2 Å². The number of imide groups is 1. The zero-order valence-corrected chi connectivity index (χ0v) is 26.9. The first-order chi connectivity index (χ1) is 22.9. The SMILES string of the molecule is C=C1CCC(N2C(=O)c3cccc(CCc4cnn(C5CCN(C(=O)CC6CCC(c7ccccc7)CC6)CC5)c4)c3C2=O)C(=O)N1. The first kappa shape index (κ1) is 31.1. The fraction of sp³-hybridized carbons (Fsp3) is 0.447. The van der Waals surface area contributed by atoms with E-state index in [4.69, 9.17) is 0 Å². The minimum Gasteiger partial charge on any atom is -0.343 e. The van der Waals surface area contributed by atoms with E-state index in [-0.39, 0.29) is 11.9 Å². The molecule has 7 rings (SSSR count). The van der Waals surface area contributed by atoms with Crippen LogP contribution in [0, 0.1) is 5.92 Å². The van der Waals surface area contributed by atoms with E-state index in [1.165, 1.54) is 18.4 Å². The van der Waals surface area contributed by atoms with Crippen LogP contribution in [-0.2, 0) is 22.4 Å². The third-order valence-electron chi connectivity index (χ3n) is 10.8. The molecule has 9 nitrogen and oxygen atoms in total. The second kappa shape index (κ2) is 13.3. The molecule has 1 aliphatic carbocycles. The fourth-order valence-corrected chi connectivity index (χ4v) is 8.04. The van der Waals surface area contributed by atoms with Crippen LogP contribution < -0.4 is 5.32 Å². The third-order valence-corrected chi connectivity index (χ3v) is 10.8. The van der Waals surface area contributed by atoms with Gasteiger partial charge in [-0.05, 0) is 98.8 Å². The van der Waals surface area contributed by atoms with Crippen LogP contribution in [0.1, 0.15) is 107 Å². The van der Waals surface area contributed by atoms with Gasteiger partial charge in [0.2, 0.25) is 11.8 Å². The Morgan fingerprint density at radius 3 is 2.38 bits per heavy atom. The maximum atomic E-state index is 13.5. The molecule has 2 aromatic carbocycles. The van der Waals surface area contributed by atoms with E-state index < -0.39 is 17.9 Å². The Kier molecular flexibility index (Phi) is 8.80. The van der Waals surface area contributed by atoms with E-state index >= 15 is 0 Å². The Bertz CT molecular complexity index is 1680. The van der Waals surface area contributed by atoms with Crippen LogP contribution in [0.5, 0.6) is 0 Å². The number of rotatable bonds is 8. The molecule has 9 heteroatoms. The molecule has 2 saturated heterocycles. The van der Waals surface area contributed by atoms with Crippen molar-refractivity contribution in [2.75, 3.05) is 13.1 Å². The second-order valence-corrected chi connectivity index (χ2v) is 13.7. The van der Waals surface area contributed by atoms with E-state index in [1.54, 1.807) is 12.1 Å². The highest BCUT2D eigenvalue weighted by Crippen LogP contribution is 2.37. The van der Waals surface area contributed by atoms with Crippen LogP contribution in [0.2, 0.25) is 0 Å². The molecule has 3 aliphatic heterocycles. The number of hydrogen-bond donors (Lipinski definition) is 1. The fourth-order valence-electron chi connectivity index (χ4n) is 8.04. The molecule has 4 heterocycles. The number of likely N-dealkylation sites (tertiary alicyclic amines) is 1. The van der Waals surface area contributed by atoms with Gasteiger partial charge in [-0.25, -0.2) is 0 Å². The quantitative estimate of drug-likeness (QED) is 0.326. The lowest BCUT2D eigenvalue weighted by Crippen LogP contribution is -2.51. The molecule has 1 saturated carbocycles. The Labute approximate surface area is 276 Å². The van der Waals surface area contributed by atoms with Gasteiger partial charge in [0.25, 0.3) is 11.8 Å². The predicted molar refractivity (Wildman–Crippen MR) is 177 cm³/mol. The summed E-state index contributed by atoms with van der Waals surface area (Å²) in [5.74, 6) is 0.243. The summed E-state index contributed by atoms with van der Waals surface area (Å²) in [4.78, 5) is 55.7. The van der Waals surface area contributed by atoms with Crippen LogP contribution in [-0.4, -0.2) is 62.3 Å². The minimum absolute atomic E-state index is 0.251. The first-order valence-electron chi connectivity index (χ1n) is 17.2. The molecule has 3 aromatic rings. The molecule has 0 spiro atoms. The third kappa shape index (κ3) is 6.40. The van der Waals surface area contributed by atoms with E-state index in [0.717, 1.165) is 54.8 Å². The molecule has 1 unspecified atom stereocenters. The second-order valence-electron chi connectivity index (χ2n) is 13.7. The lowest BCUT2D eigenvalue weighted by Gasteiger charge is -2.34. The van der Waals surface area contributed by atoms with E-state index in [0.29, 0.717) is 66.7 Å². The Morgan fingerprint density at radius 1 is 0.872 bits per heavy atom. The van der Waals surface area contributed by atoms with Gasteiger partial charge in [0.05, 0.1) is 23.4 Å². The van der Waals surface area contributed by atoms with E-state index in [2.05, 4.69) is 58.4 Å². The van der Waals surface area contributed by atoms with Gasteiger partial charge >= 0.3 is 0 Å². The van der Waals surface area contributed by atoms with Crippen molar-refractivity contribution in [3.05, 3.63) is 101 Å². The van der Waals surface area contributed by atoms with Crippen molar-refractivity contribution in [3.63, 3.8) is 0 Å². The molecular formula is C38H43N5O4. The number of carbonyl (C=O) groups is 4. The predicted octanol–water partition coefficient (Wildman–Crippen LogP) is 5.58. The van der Waals surface area contributed by atoms with Crippen molar-refractivity contribution in [1.29, 1.82) is 0 Å². The Hall–Kier alpha value is -4.53. The molecule has 244 valence electrons. The molecular weight excluding hydrogens is 590 g/mol. The van der Waals surface area contributed by atoms with Crippen LogP contribution in [0.4, 0.5) is 0 Å². The smallest absolute Gasteiger partial charge is 0.262 e. The lowest BCUT2D eigenvalue weighted by atomic mass is 9.77. The van der Waals surface area contributed by atoms with Gasteiger partial charge in [-0.2, -0.15) is 5.10 Å². The number of hydrogen-bond acceptors (Lipinski definition) is 5. The van der Waals surface area contributed by atoms with Crippen LogP contribution >= 0.6 is 0 Å². The number of carbonyl (C=O) groups excluding carboxylic acids is 4. The van der Waals surface area contributed by atoms with Crippen LogP contribution in [0.15, 0.2) is 73.2 Å². The van der Waals surface area contributed by atoms with Crippen LogP contribution in [0.25, 0.3) is 0 Å². The van der Waals surface area contributed by atoms with Crippen molar-refractivity contribution in [1.82, 2.24) is 24.9 Å². The average Bonchev–Trinajstić information content (AvgIpc) is 3.67. The number of allylic oxidation sites excluding steroid dienone is 1. The zero-order valence-electron chi connectivity index (χ0n) is 26.9. The van der Waals surface area contributed by atoms with Gasteiger partial charge in [-0.3, -0.25) is 28.8 Å². The number of amides is 4. The minimum atomic E-state index is -0.819. The molecule has 4 aliphatic rings. The lowest BCUT2D eigenvalue weighted by molar-refractivity contribution is -0.133. The maximum Gasteiger partial charge on any atom is 0.262 e. The maximum absolute atomic E-state index is 13.5. The summed E-state index contributed by atoms with van der Waals surface area (Å²) < 4.78 is 2.03. The van der Waals surface area contributed by atoms with Crippen molar-refractivity contribution in [3.8, 4) is 0 Å². The summed E-state index contributed by atoms with van der Waals surface area (Å²) in [5, 5.41) is 7.35. The van der Waals surface area contributed by atoms with Gasteiger partial charge < -0.3 is 10.2 Å². The number of piperidine rings is 2. The summed E-state index contributed by atoms with van der Waals surface area (Å²) in [5.41, 5.74) is 4.67. The summed E-state index contributed by atoms with van der Waals surface area (Å²) in [6, 6.07) is 15.6. The number of aromatic nitrogens is 2. The van der Waals surface area contributed by atoms with Gasteiger partial charge in [-0.1, -0.05) is 49.0 Å².